The summed E-state index contributed by atoms with van der Waals surface area (Å²) in [6, 6.07) is 0. The minimum Gasteiger partial charge on any atom is -0.364 e. The van der Waals surface area contributed by atoms with E-state index in [1.54, 1.807) is 13.0 Å². The molecular weight excluding hydrogens is 374 g/mol. The zero-order chi connectivity index (χ0) is 20.8. The molecule has 0 aliphatic rings. The number of hydrogen-bond acceptors (Lipinski definition) is 5. The average Bonchev–Trinajstić information content (AvgIpc) is 3.25. The van der Waals surface area contributed by atoms with Crippen LogP contribution in [0.15, 0.2) is 35.0 Å². The van der Waals surface area contributed by atoms with E-state index >= 15 is 0 Å². The second-order valence-electron chi connectivity index (χ2n) is 6.65. The van der Waals surface area contributed by atoms with Crippen LogP contribution in [0.1, 0.15) is 56.8 Å². The molecule has 2 rings (SSSR count). The number of H-pyrrole nitrogens is 1. The van der Waals surface area contributed by atoms with E-state index in [0.717, 1.165) is 45.9 Å². The number of hydrogen-bond donors (Lipinski definition) is 1. The quantitative estimate of drug-likeness (QED) is 0.263. The Morgan fingerprint density at radius 3 is 2.68 bits per heavy atom. The zero-order valence-corrected chi connectivity index (χ0v) is 17.6. The summed E-state index contributed by atoms with van der Waals surface area (Å²) >= 11 is 1.49. The molecule has 2 aromatic rings. The molecule has 0 spiro atoms. The Morgan fingerprint density at radius 2 is 2.07 bits per heavy atom. The zero-order valence-electron chi connectivity index (χ0n) is 16.8. The molecular formula is C21H25N3O3S. The molecule has 0 unspecified atom stereocenters. The van der Waals surface area contributed by atoms with Crippen LogP contribution in [0, 0.1) is 17.0 Å². The third-order valence-corrected chi connectivity index (χ3v) is 5.29. The van der Waals surface area contributed by atoms with Gasteiger partial charge in [-0.3, -0.25) is 14.9 Å². The van der Waals surface area contributed by atoms with Crippen LogP contribution in [0.2, 0.25) is 0 Å². The molecule has 2 heterocycles. The maximum Gasteiger partial charge on any atom is 0.243 e. The third-order valence-electron chi connectivity index (χ3n) is 4.32. The van der Waals surface area contributed by atoms with Crippen molar-refractivity contribution in [3.63, 3.8) is 0 Å². The molecule has 0 fully saturated rings. The van der Waals surface area contributed by atoms with E-state index < -0.39 is 4.92 Å². The number of nitrogens with one attached hydrogen (secondary N) is 1. The number of aryl methyl sites for hydroxylation is 1. The Morgan fingerprint density at radius 1 is 1.36 bits per heavy atom. The van der Waals surface area contributed by atoms with Crippen molar-refractivity contribution in [1.29, 1.82) is 0 Å². The summed E-state index contributed by atoms with van der Waals surface area (Å²) < 4.78 is 0. The van der Waals surface area contributed by atoms with Crippen LogP contribution in [0.25, 0.3) is 22.9 Å². The lowest BCUT2D eigenvalue weighted by Gasteiger charge is -2.01. The highest BCUT2D eigenvalue weighted by molar-refractivity contribution is 7.11. The van der Waals surface area contributed by atoms with Gasteiger partial charge in [-0.05, 0) is 38.8 Å². The van der Waals surface area contributed by atoms with Crippen LogP contribution >= 0.6 is 11.3 Å². The standard InChI is InChI=1S/C21H25N3O3S/c1-6-7-8-17(16(5)25)9-13(2)21-23-20(12-28-21)19-11-22-15(4)18(19)10-14(3)24(26)27/h8-12,22H,6-7H2,1-5H3/b13-9+,14-10+,17-8+. The molecule has 2 aromatic heterocycles. The fourth-order valence-electron chi connectivity index (χ4n) is 2.68. The molecule has 1 N–H and O–H groups in total. The number of ketones is 1. The van der Waals surface area contributed by atoms with Crippen LogP contribution in [-0.2, 0) is 4.79 Å². The average molecular weight is 400 g/mol. The highest BCUT2D eigenvalue weighted by Gasteiger charge is 2.15. The molecule has 0 aliphatic carbocycles. The minimum atomic E-state index is -0.401. The van der Waals surface area contributed by atoms with Crippen molar-refractivity contribution in [1.82, 2.24) is 9.97 Å². The highest BCUT2D eigenvalue weighted by Crippen LogP contribution is 2.31. The molecule has 0 bridgehead atoms. The minimum absolute atomic E-state index is 0.0357. The Hall–Kier alpha value is -2.80. The van der Waals surface area contributed by atoms with E-state index in [2.05, 4.69) is 11.9 Å². The molecule has 0 radical (unpaired) electrons. The van der Waals surface area contributed by atoms with E-state index in [0.29, 0.717) is 5.57 Å². The van der Waals surface area contributed by atoms with Crippen LogP contribution in [0.5, 0.6) is 0 Å². The summed E-state index contributed by atoms with van der Waals surface area (Å²) in [7, 11) is 0. The first-order valence-electron chi connectivity index (χ1n) is 9.10. The van der Waals surface area contributed by atoms with Gasteiger partial charge in [0.2, 0.25) is 5.70 Å². The first-order chi connectivity index (χ1) is 13.2. The van der Waals surface area contributed by atoms with Crippen molar-refractivity contribution in [2.45, 2.75) is 47.5 Å². The van der Waals surface area contributed by atoms with E-state index in [-0.39, 0.29) is 11.5 Å². The number of aromatic amines is 1. The molecule has 0 saturated carbocycles. The lowest BCUT2D eigenvalue weighted by Crippen LogP contribution is -1.95. The molecule has 0 aromatic carbocycles. The second-order valence-corrected chi connectivity index (χ2v) is 7.51. The predicted molar refractivity (Wildman–Crippen MR) is 115 cm³/mol. The van der Waals surface area contributed by atoms with Crippen molar-refractivity contribution in [3.8, 4) is 11.3 Å². The van der Waals surface area contributed by atoms with Crippen molar-refractivity contribution < 1.29 is 9.72 Å². The number of rotatable bonds is 8. The smallest absolute Gasteiger partial charge is 0.243 e. The van der Waals surface area contributed by atoms with Gasteiger partial charge in [0.25, 0.3) is 0 Å². The number of nitrogens with zero attached hydrogens (tertiary/aromatic N) is 2. The summed E-state index contributed by atoms with van der Waals surface area (Å²) in [5.41, 5.74) is 4.86. The molecule has 6 nitrogen and oxygen atoms in total. The maximum atomic E-state index is 11.9. The Kier molecular flexibility index (Phi) is 7.23. The highest BCUT2D eigenvalue weighted by atomic mass is 32.1. The Labute approximate surface area is 168 Å². The Balaban J connectivity index is 2.40. The Bertz CT molecular complexity index is 977. The predicted octanol–water partition coefficient (Wildman–Crippen LogP) is 5.80. The SMILES string of the molecule is CCC/C=C(\C=C(/C)c1nc(-c2c[nH]c(C)c2/C=C(\C)[N+](=O)[O-])cs1)C(C)=O. The molecule has 28 heavy (non-hydrogen) atoms. The van der Waals surface area contributed by atoms with Crippen molar-refractivity contribution in [3.05, 3.63) is 61.4 Å². The fourth-order valence-corrected chi connectivity index (χ4v) is 3.47. The summed E-state index contributed by atoms with van der Waals surface area (Å²) in [5, 5.41) is 13.7. The molecule has 0 aliphatic heterocycles. The summed E-state index contributed by atoms with van der Waals surface area (Å²) in [6.45, 7) is 8.92. The van der Waals surface area contributed by atoms with Gasteiger partial charge in [0.05, 0.1) is 10.6 Å². The lowest BCUT2D eigenvalue weighted by molar-refractivity contribution is -0.422. The summed E-state index contributed by atoms with van der Waals surface area (Å²) in [6.07, 6.45) is 9.05. The van der Waals surface area contributed by atoms with Crippen LogP contribution < -0.4 is 0 Å². The van der Waals surface area contributed by atoms with E-state index in [4.69, 9.17) is 4.98 Å². The van der Waals surface area contributed by atoms with Crippen LogP contribution in [0.3, 0.4) is 0 Å². The number of unbranched alkanes of at least 4 members (excludes halogenated alkanes) is 1. The van der Waals surface area contributed by atoms with Gasteiger partial charge < -0.3 is 4.98 Å². The van der Waals surface area contributed by atoms with E-state index in [1.807, 2.05) is 37.6 Å². The summed E-state index contributed by atoms with van der Waals surface area (Å²) in [5.74, 6) is 0.0357. The molecule has 0 saturated heterocycles. The van der Waals surface area contributed by atoms with Crippen LogP contribution in [-0.4, -0.2) is 20.7 Å². The van der Waals surface area contributed by atoms with Crippen molar-refractivity contribution >= 4 is 28.8 Å². The largest absolute Gasteiger partial charge is 0.364 e. The molecule has 0 amide bonds. The van der Waals surface area contributed by atoms with Gasteiger partial charge in [0.1, 0.15) is 5.01 Å². The van der Waals surface area contributed by atoms with Gasteiger partial charge in [-0.2, -0.15) is 0 Å². The van der Waals surface area contributed by atoms with Crippen molar-refractivity contribution in [2.75, 3.05) is 0 Å². The summed E-state index contributed by atoms with van der Waals surface area (Å²) in [4.78, 5) is 30.2. The van der Waals surface area contributed by atoms with Gasteiger partial charge in [-0.1, -0.05) is 19.4 Å². The second kappa shape index (κ2) is 9.41. The maximum absolute atomic E-state index is 11.9. The normalized spacial score (nSPS) is 13.1. The lowest BCUT2D eigenvalue weighted by atomic mass is 10.1. The monoisotopic (exact) mass is 399 g/mol. The number of thiazole rings is 1. The van der Waals surface area contributed by atoms with E-state index in [1.165, 1.54) is 18.3 Å². The molecule has 0 atom stereocenters. The van der Waals surface area contributed by atoms with Gasteiger partial charge in [0.15, 0.2) is 5.78 Å². The van der Waals surface area contributed by atoms with Gasteiger partial charge in [-0.25, -0.2) is 4.98 Å². The van der Waals surface area contributed by atoms with Gasteiger partial charge >= 0.3 is 0 Å². The molecule has 148 valence electrons. The number of carbonyl (C=O) groups is 1. The number of carbonyl (C=O) groups excluding carboxylic acids is 1. The van der Waals surface area contributed by atoms with Gasteiger partial charge in [0, 0.05) is 47.0 Å². The molecule has 7 heteroatoms. The third kappa shape index (κ3) is 5.13. The fraction of sp³-hybridized carbons (Fsp3) is 0.333. The van der Waals surface area contributed by atoms with Crippen molar-refractivity contribution in [2.24, 2.45) is 0 Å². The number of aromatic nitrogens is 2. The van der Waals surface area contributed by atoms with E-state index in [9.17, 15) is 14.9 Å². The number of allylic oxidation sites excluding steroid dienone is 5. The number of nitro groups is 1. The topological polar surface area (TPSA) is 88.9 Å². The number of Topliss-reactive ketones (excluding diaryl/α,β-unsaturated/α-hetero) is 1. The van der Waals surface area contributed by atoms with Crippen LogP contribution in [0.4, 0.5) is 0 Å². The first kappa shape index (κ1) is 21.5. The van der Waals surface area contributed by atoms with Gasteiger partial charge in [-0.15, -0.1) is 11.3 Å². The first-order valence-corrected chi connectivity index (χ1v) is 9.98.